The van der Waals surface area contributed by atoms with E-state index in [-0.39, 0.29) is 33.1 Å². The van der Waals surface area contributed by atoms with E-state index in [4.69, 9.17) is 23.2 Å². The van der Waals surface area contributed by atoms with Crippen LogP contribution in [-0.4, -0.2) is 44.3 Å². The van der Waals surface area contributed by atoms with Gasteiger partial charge >= 0.3 is 0 Å². The molecule has 0 aliphatic carbocycles. The molecule has 0 bridgehead atoms. The van der Waals surface area contributed by atoms with Crippen molar-refractivity contribution in [2.75, 3.05) is 17.4 Å². The van der Waals surface area contributed by atoms with Gasteiger partial charge in [0.05, 0.1) is 20.6 Å². The van der Waals surface area contributed by atoms with Gasteiger partial charge in [0, 0.05) is 13.1 Å². The molecule has 0 saturated carbocycles. The molecule has 10 heteroatoms. The van der Waals surface area contributed by atoms with E-state index in [0.29, 0.717) is 13.0 Å². The first-order chi connectivity index (χ1) is 18.1. The van der Waals surface area contributed by atoms with E-state index in [2.05, 4.69) is 5.32 Å². The van der Waals surface area contributed by atoms with Crippen molar-refractivity contribution in [3.63, 3.8) is 0 Å². The summed E-state index contributed by atoms with van der Waals surface area (Å²) in [6, 6.07) is 19.2. The van der Waals surface area contributed by atoms with Crippen molar-refractivity contribution in [1.29, 1.82) is 0 Å². The van der Waals surface area contributed by atoms with E-state index in [1.807, 2.05) is 38.1 Å². The molecule has 38 heavy (non-hydrogen) atoms. The van der Waals surface area contributed by atoms with Crippen molar-refractivity contribution in [3.05, 3.63) is 94.0 Å². The molecular weight excluding hydrogens is 545 g/mol. The van der Waals surface area contributed by atoms with E-state index in [9.17, 15) is 18.0 Å². The smallest absolute Gasteiger partial charge is 0.264 e. The third-order valence-corrected chi connectivity index (χ3v) is 8.57. The lowest BCUT2D eigenvalue weighted by Gasteiger charge is -2.33. The van der Waals surface area contributed by atoms with Crippen LogP contribution >= 0.6 is 23.2 Å². The number of rotatable bonds is 11. The molecule has 202 valence electrons. The number of anilines is 1. The Balaban J connectivity index is 2.10. The molecule has 3 aromatic carbocycles. The van der Waals surface area contributed by atoms with Crippen LogP contribution in [0.3, 0.4) is 0 Å². The zero-order valence-electron chi connectivity index (χ0n) is 21.5. The summed E-state index contributed by atoms with van der Waals surface area (Å²) in [4.78, 5) is 28.4. The van der Waals surface area contributed by atoms with Crippen molar-refractivity contribution in [3.8, 4) is 0 Å². The highest BCUT2D eigenvalue weighted by atomic mass is 35.5. The van der Waals surface area contributed by atoms with Gasteiger partial charge in [-0.1, -0.05) is 84.2 Å². The van der Waals surface area contributed by atoms with Crippen molar-refractivity contribution in [2.45, 2.75) is 44.7 Å². The van der Waals surface area contributed by atoms with Crippen LogP contribution in [0.25, 0.3) is 0 Å². The average Bonchev–Trinajstić information content (AvgIpc) is 2.89. The Kier molecular flexibility index (Phi) is 10.2. The quantitative estimate of drug-likeness (QED) is 0.330. The van der Waals surface area contributed by atoms with Gasteiger partial charge in [-0.3, -0.25) is 13.9 Å². The number of hydrogen-bond donors (Lipinski definition) is 1. The zero-order valence-corrected chi connectivity index (χ0v) is 23.9. The number of carbonyl (C=O) groups excluding carboxylic acids is 2. The molecule has 2 amide bonds. The Morgan fingerprint density at radius 3 is 2.26 bits per heavy atom. The second-order valence-corrected chi connectivity index (χ2v) is 11.4. The highest BCUT2D eigenvalue weighted by molar-refractivity contribution is 7.92. The van der Waals surface area contributed by atoms with Gasteiger partial charge in [0.15, 0.2) is 0 Å². The molecule has 0 aliphatic heterocycles. The Labute approximate surface area is 234 Å². The monoisotopic (exact) mass is 575 g/mol. The van der Waals surface area contributed by atoms with Crippen LogP contribution in [0.1, 0.15) is 31.4 Å². The maximum absolute atomic E-state index is 14.0. The lowest BCUT2D eigenvalue weighted by atomic mass is 10.1. The van der Waals surface area contributed by atoms with Crippen LogP contribution < -0.4 is 9.62 Å². The van der Waals surface area contributed by atoms with Gasteiger partial charge in [-0.25, -0.2) is 8.42 Å². The van der Waals surface area contributed by atoms with Gasteiger partial charge in [0.1, 0.15) is 12.6 Å². The number of benzene rings is 3. The first-order valence-electron chi connectivity index (χ1n) is 12.2. The minimum absolute atomic E-state index is 0.00229. The molecule has 0 radical (unpaired) electrons. The van der Waals surface area contributed by atoms with Gasteiger partial charge in [-0.05, 0) is 50.1 Å². The number of nitrogens with zero attached hydrogens (tertiary/aromatic N) is 2. The third-order valence-electron chi connectivity index (χ3n) is 5.98. The molecule has 0 aliphatic rings. The molecule has 0 fully saturated rings. The molecule has 0 heterocycles. The maximum atomic E-state index is 14.0. The van der Waals surface area contributed by atoms with Crippen LogP contribution in [0.2, 0.25) is 10.0 Å². The first-order valence-corrected chi connectivity index (χ1v) is 14.4. The summed E-state index contributed by atoms with van der Waals surface area (Å²) in [7, 11) is -4.22. The SMILES string of the molecule is CCNC(=O)[C@@H](CC)N(Cc1cccc(C)c1)C(=O)CN(c1cccc(Cl)c1Cl)S(=O)(=O)c1ccccc1. The van der Waals surface area contributed by atoms with E-state index < -0.39 is 28.5 Å². The fraction of sp³-hybridized carbons (Fsp3) is 0.286. The highest BCUT2D eigenvalue weighted by Gasteiger charge is 2.34. The van der Waals surface area contributed by atoms with E-state index in [1.54, 1.807) is 31.2 Å². The Hall–Kier alpha value is -3.07. The largest absolute Gasteiger partial charge is 0.355 e. The number of carbonyl (C=O) groups is 2. The molecule has 7 nitrogen and oxygen atoms in total. The van der Waals surface area contributed by atoms with Gasteiger partial charge in [0.2, 0.25) is 11.8 Å². The van der Waals surface area contributed by atoms with Gasteiger partial charge < -0.3 is 10.2 Å². The van der Waals surface area contributed by atoms with Gasteiger partial charge in [-0.15, -0.1) is 0 Å². The fourth-order valence-corrected chi connectivity index (χ4v) is 6.03. The summed E-state index contributed by atoms with van der Waals surface area (Å²) < 4.78 is 28.6. The second kappa shape index (κ2) is 13.1. The van der Waals surface area contributed by atoms with E-state index in [1.165, 1.54) is 29.2 Å². The molecule has 0 aromatic heterocycles. The molecule has 3 rings (SSSR count). The van der Waals surface area contributed by atoms with E-state index >= 15 is 0 Å². The van der Waals surface area contributed by atoms with Crippen LogP contribution in [0.5, 0.6) is 0 Å². The topological polar surface area (TPSA) is 86.8 Å². The number of hydrogen-bond acceptors (Lipinski definition) is 4. The summed E-state index contributed by atoms with van der Waals surface area (Å²) in [6.45, 7) is 5.48. The number of nitrogens with one attached hydrogen (secondary N) is 1. The predicted octanol–water partition coefficient (Wildman–Crippen LogP) is 5.44. The van der Waals surface area contributed by atoms with Crippen molar-refractivity contribution in [1.82, 2.24) is 10.2 Å². The van der Waals surface area contributed by atoms with Crippen LogP contribution in [0, 0.1) is 6.92 Å². The molecule has 1 atom stereocenters. The summed E-state index contributed by atoms with van der Waals surface area (Å²) in [5.74, 6) is -0.866. The molecule has 0 saturated heterocycles. The van der Waals surface area contributed by atoms with Crippen molar-refractivity contribution < 1.29 is 18.0 Å². The van der Waals surface area contributed by atoms with Crippen molar-refractivity contribution in [2.24, 2.45) is 0 Å². The lowest BCUT2D eigenvalue weighted by Crippen LogP contribution is -2.52. The standard InChI is InChI=1S/C28H31Cl2N3O4S/c1-4-24(28(35)31-5-2)32(18-21-12-9-11-20(3)17-21)26(34)19-33(25-16-10-15-23(29)27(25)30)38(36,37)22-13-7-6-8-14-22/h6-17,24H,4-5,18-19H2,1-3H3,(H,31,35)/t24-/m1/s1. The number of halogens is 2. The third kappa shape index (κ3) is 6.87. The zero-order chi connectivity index (χ0) is 27.9. The second-order valence-electron chi connectivity index (χ2n) is 8.73. The Morgan fingerprint density at radius 2 is 1.63 bits per heavy atom. The fourth-order valence-electron chi connectivity index (χ4n) is 4.14. The summed E-state index contributed by atoms with van der Waals surface area (Å²) >= 11 is 12.7. The van der Waals surface area contributed by atoms with Crippen LogP contribution in [0.4, 0.5) is 5.69 Å². The van der Waals surface area contributed by atoms with Crippen LogP contribution in [-0.2, 0) is 26.2 Å². The number of likely N-dealkylation sites (N-methyl/N-ethyl adjacent to an activating group) is 1. The Morgan fingerprint density at radius 1 is 0.947 bits per heavy atom. The average molecular weight is 577 g/mol. The molecule has 0 unspecified atom stereocenters. The minimum Gasteiger partial charge on any atom is -0.355 e. The minimum atomic E-state index is -4.22. The summed E-state index contributed by atoms with van der Waals surface area (Å²) in [5.41, 5.74) is 1.89. The summed E-state index contributed by atoms with van der Waals surface area (Å²) in [5, 5.41) is 2.93. The van der Waals surface area contributed by atoms with Gasteiger partial charge in [-0.2, -0.15) is 0 Å². The molecule has 3 aromatic rings. The highest BCUT2D eigenvalue weighted by Crippen LogP contribution is 2.35. The first kappa shape index (κ1) is 29.5. The van der Waals surface area contributed by atoms with Crippen LogP contribution in [0.15, 0.2) is 77.7 Å². The maximum Gasteiger partial charge on any atom is 0.264 e. The number of amides is 2. The van der Waals surface area contributed by atoms with Gasteiger partial charge in [0.25, 0.3) is 10.0 Å². The lowest BCUT2D eigenvalue weighted by molar-refractivity contribution is -0.140. The molecular formula is C28H31Cl2N3O4S. The predicted molar refractivity (Wildman–Crippen MR) is 152 cm³/mol. The number of aryl methyl sites for hydroxylation is 1. The molecule has 0 spiro atoms. The Bertz CT molecular complexity index is 1380. The van der Waals surface area contributed by atoms with Crippen molar-refractivity contribution >= 4 is 50.7 Å². The number of sulfonamides is 1. The normalized spacial score (nSPS) is 12.0. The summed E-state index contributed by atoms with van der Waals surface area (Å²) in [6.07, 6.45) is 0.340. The van der Waals surface area contributed by atoms with E-state index in [0.717, 1.165) is 15.4 Å². The molecule has 1 N–H and O–H groups in total.